The highest BCUT2D eigenvalue weighted by Gasteiger charge is 2.17. The Hall–Kier alpha value is -3.04. The quantitative estimate of drug-likeness (QED) is 0.481. The molecule has 1 saturated heterocycles. The number of aryl methyl sites for hydroxylation is 1. The van der Waals surface area contributed by atoms with Gasteiger partial charge in [0.05, 0.1) is 17.9 Å². The fourth-order valence-electron chi connectivity index (χ4n) is 3.76. The maximum absolute atomic E-state index is 13.2. The molecule has 3 aromatic heterocycles. The molecule has 0 atom stereocenters. The van der Waals surface area contributed by atoms with Crippen LogP contribution in [0.4, 0.5) is 16.0 Å². The number of hydrogen-bond acceptors (Lipinski definition) is 7. The van der Waals surface area contributed by atoms with Crippen molar-refractivity contribution in [3.63, 3.8) is 0 Å². The number of imidazole rings is 1. The van der Waals surface area contributed by atoms with Crippen LogP contribution < -0.4 is 15.5 Å². The minimum absolute atomic E-state index is 0.242. The van der Waals surface area contributed by atoms with E-state index in [1.807, 2.05) is 22.0 Å². The van der Waals surface area contributed by atoms with E-state index in [0.29, 0.717) is 6.54 Å². The van der Waals surface area contributed by atoms with Gasteiger partial charge in [-0.25, -0.2) is 14.4 Å². The molecule has 1 aliphatic rings. The Balaban J connectivity index is 1.38. The lowest BCUT2D eigenvalue weighted by atomic mass is 10.2. The summed E-state index contributed by atoms with van der Waals surface area (Å²) in [6, 6.07) is 10.5. The van der Waals surface area contributed by atoms with Gasteiger partial charge in [0.25, 0.3) is 0 Å². The molecule has 31 heavy (non-hydrogen) atoms. The van der Waals surface area contributed by atoms with Crippen molar-refractivity contribution in [3.05, 3.63) is 58.3 Å². The summed E-state index contributed by atoms with van der Waals surface area (Å²) in [5.74, 6) is 1.63. The number of aromatic nitrogens is 4. The number of anilines is 2. The second-order valence-corrected chi connectivity index (χ2v) is 8.39. The number of nitrogens with zero attached hydrogens (tertiary/aromatic N) is 5. The van der Waals surface area contributed by atoms with E-state index in [9.17, 15) is 4.39 Å². The first-order chi connectivity index (χ1) is 15.2. The van der Waals surface area contributed by atoms with Gasteiger partial charge in [0.2, 0.25) is 0 Å². The number of rotatable bonds is 6. The molecular weight excluding hydrogens is 413 g/mol. The predicted octanol–water partition coefficient (Wildman–Crippen LogP) is 3.58. The van der Waals surface area contributed by atoms with Crippen molar-refractivity contribution < 1.29 is 4.39 Å². The lowest BCUT2D eigenvalue weighted by Gasteiger charge is -2.28. The lowest BCUT2D eigenvalue weighted by molar-refractivity contribution is 0.581. The van der Waals surface area contributed by atoms with Crippen molar-refractivity contribution in [1.29, 1.82) is 0 Å². The molecule has 4 heterocycles. The topological polar surface area (TPSA) is 70.4 Å². The third kappa shape index (κ3) is 4.11. The maximum Gasteiger partial charge on any atom is 0.156 e. The zero-order valence-corrected chi connectivity index (χ0v) is 18.1. The summed E-state index contributed by atoms with van der Waals surface area (Å²) in [4.78, 5) is 11.7. The van der Waals surface area contributed by atoms with Crippen molar-refractivity contribution in [3.8, 4) is 11.3 Å². The number of fused-ring (bicyclic) bond motifs is 1. The van der Waals surface area contributed by atoms with Gasteiger partial charge in [0.15, 0.2) is 11.5 Å². The molecule has 1 aromatic carbocycles. The highest BCUT2D eigenvalue weighted by Crippen LogP contribution is 2.25. The standard InChI is InChI=1S/C22H24FN7S/c1-2-17-22(25-13-21-27-18(14-31-21)15-3-5-16(23)6-4-15)30-19(26-17)7-8-20(28-30)29-11-9-24-10-12-29/h3-8,14,24-25H,2,9-13H2,1H3. The Bertz CT molecular complexity index is 1180. The average molecular weight is 438 g/mol. The van der Waals surface area contributed by atoms with Gasteiger partial charge in [-0.05, 0) is 42.8 Å². The first-order valence-electron chi connectivity index (χ1n) is 10.5. The molecule has 0 amide bonds. The van der Waals surface area contributed by atoms with Gasteiger partial charge >= 0.3 is 0 Å². The van der Waals surface area contributed by atoms with Crippen molar-refractivity contribution >= 4 is 28.6 Å². The third-order valence-electron chi connectivity index (χ3n) is 5.41. The second kappa shape index (κ2) is 8.60. The number of piperazine rings is 1. The molecule has 1 aliphatic heterocycles. The van der Waals surface area contributed by atoms with Crippen molar-refractivity contribution in [2.45, 2.75) is 19.9 Å². The molecule has 0 aliphatic carbocycles. The molecule has 2 N–H and O–H groups in total. The molecular formula is C22H24FN7S. The van der Waals surface area contributed by atoms with Crippen LogP contribution in [0.1, 0.15) is 17.6 Å². The minimum Gasteiger partial charge on any atom is -0.362 e. The molecule has 7 nitrogen and oxygen atoms in total. The normalized spacial score (nSPS) is 14.3. The van der Waals surface area contributed by atoms with Crippen molar-refractivity contribution in [1.82, 2.24) is 24.9 Å². The Morgan fingerprint density at radius 3 is 2.68 bits per heavy atom. The summed E-state index contributed by atoms with van der Waals surface area (Å²) >= 11 is 1.58. The number of hydrogen-bond donors (Lipinski definition) is 2. The van der Waals surface area contributed by atoms with Crippen molar-refractivity contribution in [2.24, 2.45) is 0 Å². The van der Waals surface area contributed by atoms with E-state index in [-0.39, 0.29) is 5.82 Å². The smallest absolute Gasteiger partial charge is 0.156 e. The van der Waals surface area contributed by atoms with E-state index < -0.39 is 0 Å². The van der Waals surface area contributed by atoms with Crippen LogP contribution in [0.5, 0.6) is 0 Å². The van der Waals surface area contributed by atoms with Gasteiger partial charge in [-0.15, -0.1) is 16.4 Å². The zero-order valence-electron chi connectivity index (χ0n) is 17.3. The molecule has 0 unspecified atom stereocenters. The fraction of sp³-hybridized carbons (Fsp3) is 0.318. The molecule has 0 saturated carbocycles. The van der Waals surface area contributed by atoms with E-state index in [2.05, 4.69) is 22.5 Å². The van der Waals surface area contributed by atoms with Gasteiger partial charge in [-0.2, -0.15) is 4.52 Å². The molecule has 4 aromatic rings. The predicted molar refractivity (Wildman–Crippen MR) is 122 cm³/mol. The molecule has 0 spiro atoms. The van der Waals surface area contributed by atoms with Gasteiger partial charge < -0.3 is 15.5 Å². The second-order valence-electron chi connectivity index (χ2n) is 7.45. The summed E-state index contributed by atoms with van der Waals surface area (Å²) in [6.45, 7) is 6.50. The first kappa shape index (κ1) is 19.9. The minimum atomic E-state index is -0.242. The lowest BCUT2D eigenvalue weighted by Crippen LogP contribution is -2.44. The number of nitrogens with one attached hydrogen (secondary N) is 2. The first-order valence-corrected chi connectivity index (χ1v) is 11.4. The van der Waals surface area contributed by atoms with Crippen molar-refractivity contribution in [2.75, 3.05) is 36.4 Å². The number of halogens is 1. The van der Waals surface area contributed by atoms with E-state index >= 15 is 0 Å². The van der Waals surface area contributed by atoms with E-state index in [1.165, 1.54) is 12.1 Å². The largest absolute Gasteiger partial charge is 0.362 e. The molecule has 9 heteroatoms. The van der Waals surface area contributed by atoms with E-state index in [4.69, 9.17) is 15.1 Å². The van der Waals surface area contributed by atoms with Crippen LogP contribution in [-0.2, 0) is 13.0 Å². The summed E-state index contributed by atoms with van der Waals surface area (Å²) < 4.78 is 15.1. The van der Waals surface area contributed by atoms with Crippen LogP contribution in [0, 0.1) is 5.82 Å². The van der Waals surface area contributed by atoms with Gasteiger partial charge in [-0.3, -0.25) is 0 Å². The van der Waals surface area contributed by atoms with Crippen LogP contribution in [0.3, 0.4) is 0 Å². The molecule has 0 bridgehead atoms. The number of benzene rings is 1. The Morgan fingerprint density at radius 2 is 1.90 bits per heavy atom. The SMILES string of the molecule is CCc1nc2ccc(N3CCNCC3)nn2c1NCc1nc(-c2ccc(F)cc2)cs1. The van der Waals surface area contributed by atoms with Crippen LogP contribution in [-0.4, -0.2) is 45.8 Å². The van der Waals surface area contributed by atoms with E-state index in [0.717, 1.165) is 71.8 Å². The van der Waals surface area contributed by atoms with Crippen LogP contribution >= 0.6 is 11.3 Å². The van der Waals surface area contributed by atoms with Gasteiger partial charge in [0, 0.05) is 37.1 Å². The Labute approximate surface area is 184 Å². The molecule has 5 rings (SSSR count). The zero-order chi connectivity index (χ0) is 21.2. The summed E-state index contributed by atoms with van der Waals surface area (Å²) in [7, 11) is 0. The summed E-state index contributed by atoms with van der Waals surface area (Å²) in [5, 5.41) is 14.7. The van der Waals surface area contributed by atoms with Gasteiger partial charge in [0.1, 0.15) is 16.6 Å². The fourth-order valence-corrected chi connectivity index (χ4v) is 4.50. The van der Waals surface area contributed by atoms with E-state index in [1.54, 1.807) is 23.5 Å². The number of thiazole rings is 1. The van der Waals surface area contributed by atoms with Crippen LogP contribution in [0.25, 0.3) is 16.9 Å². The highest BCUT2D eigenvalue weighted by atomic mass is 32.1. The Morgan fingerprint density at radius 1 is 1.10 bits per heavy atom. The highest BCUT2D eigenvalue weighted by molar-refractivity contribution is 7.09. The molecule has 0 radical (unpaired) electrons. The third-order valence-corrected chi connectivity index (χ3v) is 6.26. The maximum atomic E-state index is 13.2. The molecule has 1 fully saturated rings. The Kier molecular flexibility index (Phi) is 5.52. The summed E-state index contributed by atoms with van der Waals surface area (Å²) in [5.41, 5.74) is 3.59. The summed E-state index contributed by atoms with van der Waals surface area (Å²) in [6.07, 6.45) is 0.813. The monoisotopic (exact) mass is 437 g/mol. The van der Waals surface area contributed by atoms with Gasteiger partial charge in [-0.1, -0.05) is 6.92 Å². The van der Waals surface area contributed by atoms with Crippen LogP contribution in [0.15, 0.2) is 41.8 Å². The molecule has 160 valence electrons. The average Bonchev–Trinajstić information content (AvgIpc) is 3.42. The van der Waals surface area contributed by atoms with Crippen LogP contribution in [0.2, 0.25) is 0 Å².